The summed E-state index contributed by atoms with van der Waals surface area (Å²) in [6.45, 7) is 0. The molecular weight excluding hydrogens is 164 g/mol. The molecule has 0 aliphatic heterocycles. The summed E-state index contributed by atoms with van der Waals surface area (Å²) in [5.74, 6) is 0. The molecule has 52 valence electrons. The minimum absolute atomic E-state index is 0.121. The van der Waals surface area contributed by atoms with Gasteiger partial charge in [-0.15, -0.1) is 4.53 Å². The van der Waals surface area contributed by atoms with Crippen LogP contribution in [0.25, 0.3) is 0 Å². The number of hydrogen-bond acceptors (Lipinski definition) is 2. The van der Waals surface area contributed by atoms with Gasteiger partial charge >= 0.3 is 6.03 Å². The lowest BCUT2D eigenvalue weighted by molar-refractivity contribution is 0.229. The maximum absolute atomic E-state index is 10.1. The lowest BCUT2D eigenvalue weighted by Gasteiger charge is -2.10. The summed E-state index contributed by atoms with van der Waals surface area (Å²) in [6.07, 6.45) is 0. The molecule has 0 aromatic heterocycles. The highest BCUT2D eigenvalue weighted by Crippen LogP contribution is 1.84. The maximum Gasteiger partial charge on any atom is 0.348 e. The molecule has 5 nitrogen and oxygen atoms in total. The summed E-state index contributed by atoms with van der Waals surface area (Å²) >= 11 is 9.41. The van der Waals surface area contributed by atoms with Crippen molar-refractivity contribution in [2.75, 3.05) is 0 Å². The van der Waals surface area contributed by atoms with E-state index in [1.54, 1.807) is 0 Å². The van der Waals surface area contributed by atoms with Gasteiger partial charge in [0, 0.05) is 11.8 Å². The maximum atomic E-state index is 10.1. The Morgan fingerprint density at radius 3 is 2.22 bits per heavy atom. The Kier molecular flexibility index (Phi) is 3.03. The van der Waals surface area contributed by atoms with E-state index in [0.29, 0.717) is 4.53 Å². The summed E-state index contributed by atoms with van der Waals surface area (Å²) in [5.41, 5.74) is 11.7. The molecule has 0 heterocycles. The number of carbonyl (C=O) groups excluding carboxylic acids is 1. The second-order valence-electron chi connectivity index (χ2n) is 1.10. The van der Waals surface area contributed by atoms with Crippen LogP contribution in [-0.2, 0) is 0 Å². The fourth-order valence-electron chi connectivity index (χ4n) is 0.152. The number of hydrazine groups is 1. The highest BCUT2D eigenvalue weighted by molar-refractivity contribution is 7.80. The normalized spacial score (nSPS) is 8.11. The van der Waals surface area contributed by atoms with Gasteiger partial charge in [-0.3, -0.25) is 5.43 Å². The first-order valence-corrected chi connectivity index (χ1v) is 2.60. The average Bonchev–Trinajstić information content (AvgIpc) is 1.63. The number of hydrogen-bond donors (Lipinski definition) is 3. The third kappa shape index (κ3) is 3.80. The molecule has 0 bridgehead atoms. The molecule has 0 radical (unpaired) electrons. The number of rotatable bonds is 0. The van der Waals surface area contributed by atoms with Crippen molar-refractivity contribution >= 4 is 35.1 Å². The number of nitrogens with zero attached hydrogens (tertiary/aromatic N) is 1. The van der Waals surface area contributed by atoms with Gasteiger partial charge < -0.3 is 11.5 Å². The van der Waals surface area contributed by atoms with E-state index in [0.717, 1.165) is 0 Å². The van der Waals surface area contributed by atoms with E-state index in [1.165, 1.54) is 0 Å². The SMILES string of the molecule is NC(=O)N(Cl)NC(N)=S. The smallest absolute Gasteiger partial charge is 0.348 e. The minimum atomic E-state index is -0.871. The summed E-state index contributed by atoms with van der Waals surface area (Å²) < 4.78 is 0.461. The van der Waals surface area contributed by atoms with Crippen LogP contribution in [-0.4, -0.2) is 15.7 Å². The topological polar surface area (TPSA) is 84.4 Å². The predicted octanol–water partition coefficient (Wildman–Crippen LogP) is -0.731. The van der Waals surface area contributed by atoms with Crippen molar-refractivity contribution in [3.63, 3.8) is 0 Å². The van der Waals surface area contributed by atoms with Gasteiger partial charge in [-0.1, -0.05) is 0 Å². The Labute approximate surface area is 62.0 Å². The van der Waals surface area contributed by atoms with E-state index >= 15 is 0 Å². The van der Waals surface area contributed by atoms with Crippen LogP contribution < -0.4 is 16.9 Å². The van der Waals surface area contributed by atoms with Crippen molar-refractivity contribution < 1.29 is 4.79 Å². The molecule has 2 amide bonds. The summed E-state index contributed by atoms with van der Waals surface area (Å²) in [6, 6.07) is -0.871. The van der Waals surface area contributed by atoms with E-state index in [9.17, 15) is 4.79 Å². The zero-order valence-corrected chi connectivity index (χ0v) is 5.87. The van der Waals surface area contributed by atoms with Crippen LogP contribution in [0.1, 0.15) is 0 Å². The molecule has 0 aliphatic rings. The molecular formula is C2H5ClN4OS. The molecule has 9 heavy (non-hydrogen) atoms. The van der Waals surface area contributed by atoms with Gasteiger partial charge in [0.05, 0.1) is 0 Å². The molecule has 0 atom stereocenters. The molecule has 0 aromatic carbocycles. The van der Waals surface area contributed by atoms with Gasteiger partial charge in [-0.25, -0.2) is 4.79 Å². The first-order valence-electron chi connectivity index (χ1n) is 1.85. The molecule has 5 N–H and O–H groups in total. The number of carbonyl (C=O) groups is 1. The Balaban J connectivity index is 3.63. The first kappa shape index (κ1) is 8.25. The van der Waals surface area contributed by atoms with Gasteiger partial charge in [0.15, 0.2) is 5.11 Å². The fraction of sp³-hybridized carbons (Fsp3) is 0. The molecule has 0 aromatic rings. The number of amides is 2. The lowest BCUT2D eigenvalue weighted by atomic mass is 11.1. The monoisotopic (exact) mass is 168 g/mol. The van der Waals surface area contributed by atoms with E-state index < -0.39 is 6.03 Å². The molecule has 7 heteroatoms. The number of primary amides is 1. The van der Waals surface area contributed by atoms with E-state index in [4.69, 9.17) is 17.5 Å². The highest BCUT2D eigenvalue weighted by atomic mass is 35.5. The minimum Gasteiger partial charge on any atom is -0.375 e. The Morgan fingerprint density at radius 1 is 1.67 bits per heavy atom. The Morgan fingerprint density at radius 2 is 2.11 bits per heavy atom. The quantitative estimate of drug-likeness (QED) is 0.253. The summed E-state index contributed by atoms with van der Waals surface area (Å²) in [4.78, 5) is 10.1. The van der Waals surface area contributed by atoms with Crippen molar-refractivity contribution in [2.24, 2.45) is 11.5 Å². The Bertz CT molecular complexity index is 139. The molecule has 0 aliphatic carbocycles. The van der Waals surface area contributed by atoms with Crippen molar-refractivity contribution in [2.45, 2.75) is 0 Å². The van der Waals surface area contributed by atoms with Gasteiger partial charge in [0.2, 0.25) is 0 Å². The third-order valence-electron chi connectivity index (χ3n) is 0.402. The summed E-state index contributed by atoms with van der Waals surface area (Å²) in [5, 5.41) is -0.121. The van der Waals surface area contributed by atoms with Gasteiger partial charge in [0.1, 0.15) is 0 Å². The standard InChI is InChI=1S/C2H5ClN4OS/c3-7(2(5)8)6-1(4)9/h(H2,5,8)(H3,4,6,9). The van der Waals surface area contributed by atoms with Gasteiger partial charge in [-0.2, -0.15) is 0 Å². The molecule has 0 saturated heterocycles. The number of urea groups is 1. The molecule has 0 unspecified atom stereocenters. The first-order chi connectivity index (χ1) is 4.04. The second kappa shape index (κ2) is 3.31. The third-order valence-corrected chi connectivity index (χ3v) is 0.744. The van der Waals surface area contributed by atoms with E-state index in [2.05, 4.69) is 23.4 Å². The molecule has 0 rings (SSSR count). The summed E-state index contributed by atoms with van der Waals surface area (Å²) in [7, 11) is 0. The molecule has 0 spiro atoms. The molecule has 0 saturated carbocycles. The van der Waals surface area contributed by atoms with Gasteiger partial charge in [-0.05, 0) is 12.2 Å². The predicted molar refractivity (Wildman–Crippen MR) is 37.2 cm³/mol. The van der Waals surface area contributed by atoms with Crippen molar-refractivity contribution in [1.82, 2.24) is 9.95 Å². The zero-order chi connectivity index (χ0) is 7.44. The number of halogens is 1. The van der Waals surface area contributed by atoms with Crippen LogP contribution in [0.15, 0.2) is 0 Å². The van der Waals surface area contributed by atoms with Crippen LogP contribution >= 0.6 is 24.0 Å². The van der Waals surface area contributed by atoms with E-state index in [-0.39, 0.29) is 5.11 Å². The number of nitrogens with two attached hydrogens (primary N) is 2. The largest absolute Gasteiger partial charge is 0.375 e. The molecule has 0 fully saturated rings. The van der Waals surface area contributed by atoms with Crippen LogP contribution in [0.2, 0.25) is 0 Å². The fourth-order valence-corrected chi connectivity index (χ4v) is 0.384. The lowest BCUT2D eigenvalue weighted by Crippen LogP contribution is -2.44. The average molecular weight is 169 g/mol. The van der Waals surface area contributed by atoms with Crippen molar-refractivity contribution in [3.8, 4) is 0 Å². The van der Waals surface area contributed by atoms with Gasteiger partial charge in [0.25, 0.3) is 0 Å². The zero-order valence-electron chi connectivity index (χ0n) is 4.30. The van der Waals surface area contributed by atoms with Crippen molar-refractivity contribution in [3.05, 3.63) is 0 Å². The van der Waals surface area contributed by atoms with Crippen LogP contribution in [0, 0.1) is 0 Å². The number of nitrogens with one attached hydrogen (secondary N) is 1. The van der Waals surface area contributed by atoms with E-state index in [1.807, 2.05) is 0 Å². The van der Waals surface area contributed by atoms with Crippen LogP contribution in [0.4, 0.5) is 4.79 Å². The Hall–Kier alpha value is -0.750. The van der Waals surface area contributed by atoms with Crippen molar-refractivity contribution in [1.29, 1.82) is 0 Å². The highest BCUT2D eigenvalue weighted by Gasteiger charge is 2.03. The van der Waals surface area contributed by atoms with Crippen LogP contribution in [0.3, 0.4) is 0 Å². The van der Waals surface area contributed by atoms with Crippen LogP contribution in [0.5, 0.6) is 0 Å². The second-order valence-corrected chi connectivity index (χ2v) is 1.87. The number of thiocarbonyl (C=S) groups is 1.